The fourth-order valence-electron chi connectivity index (χ4n) is 2.06. The summed E-state index contributed by atoms with van der Waals surface area (Å²) >= 11 is 0. The minimum Gasteiger partial charge on any atom is -0.341 e. The van der Waals surface area contributed by atoms with Gasteiger partial charge in [-0.25, -0.2) is 0 Å². The lowest BCUT2D eigenvalue weighted by molar-refractivity contribution is -0.216. The number of hydrogen-bond acceptors (Lipinski definition) is 5. The summed E-state index contributed by atoms with van der Waals surface area (Å²) in [7, 11) is -3.57. The molecule has 100 valence electrons. The molecule has 0 aliphatic carbocycles. The molecule has 1 aliphatic rings. The molecule has 0 N–H and O–H groups in total. The van der Waals surface area contributed by atoms with Crippen molar-refractivity contribution in [3.63, 3.8) is 0 Å². The van der Waals surface area contributed by atoms with Crippen molar-refractivity contribution < 1.29 is 22.1 Å². The van der Waals surface area contributed by atoms with Crippen LogP contribution in [0, 0.1) is 0 Å². The standard InChI is InChI=1S/C12H16O5S/c1-10(17-18(2,13)14)12(15-8-9-16-12)11-6-4-3-5-7-11/h3-7,10H,8-9H2,1-2H3. The largest absolute Gasteiger partial charge is 0.341 e. The first-order chi connectivity index (χ1) is 8.44. The van der Waals surface area contributed by atoms with Crippen LogP contribution in [-0.4, -0.2) is 34.0 Å². The Morgan fingerprint density at radius 3 is 2.28 bits per heavy atom. The Morgan fingerprint density at radius 2 is 1.78 bits per heavy atom. The summed E-state index contributed by atoms with van der Waals surface area (Å²) in [6.45, 7) is 2.44. The van der Waals surface area contributed by atoms with E-state index in [9.17, 15) is 8.42 Å². The van der Waals surface area contributed by atoms with Gasteiger partial charge in [0, 0.05) is 5.56 Å². The highest BCUT2D eigenvalue weighted by molar-refractivity contribution is 7.86. The van der Waals surface area contributed by atoms with E-state index in [1.807, 2.05) is 30.3 Å². The summed E-state index contributed by atoms with van der Waals surface area (Å²) < 4.78 is 38.7. The first kappa shape index (κ1) is 13.5. The molecule has 0 amide bonds. The van der Waals surface area contributed by atoms with Gasteiger partial charge in [-0.15, -0.1) is 0 Å². The molecule has 1 aliphatic heterocycles. The monoisotopic (exact) mass is 272 g/mol. The third kappa shape index (κ3) is 2.72. The molecule has 2 rings (SSSR count). The number of rotatable bonds is 4. The van der Waals surface area contributed by atoms with Crippen LogP contribution in [0.2, 0.25) is 0 Å². The third-order valence-electron chi connectivity index (χ3n) is 2.75. The van der Waals surface area contributed by atoms with Crippen LogP contribution in [0.1, 0.15) is 12.5 Å². The van der Waals surface area contributed by atoms with Crippen molar-refractivity contribution in [1.82, 2.24) is 0 Å². The third-order valence-corrected chi connectivity index (χ3v) is 3.39. The normalized spacial score (nSPS) is 20.8. The zero-order valence-corrected chi connectivity index (χ0v) is 11.1. The molecule has 0 bridgehead atoms. The first-order valence-corrected chi connectivity index (χ1v) is 7.47. The number of ether oxygens (including phenoxy) is 2. The Morgan fingerprint density at radius 1 is 1.22 bits per heavy atom. The maximum atomic E-state index is 11.2. The fraction of sp³-hybridized carbons (Fsp3) is 0.500. The van der Waals surface area contributed by atoms with Gasteiger partial charge in [-0.2, -0.15) is 8.42 Å². The van der Waals surface area contributed by atoms with Gasteiger partial charge in [-0.3, -0.25) is 4.18 Å². The van der Waals surface area contributed by atoms with Crippen molar-refractivity contribution in [3.05, 3.63) is 35.9 Å². The predicted molar refractivity (Wildman–Crippen MR) is 65.4 cm³/mol. The first-order valence-electron chi connectivity index (χ1n) is 5.66. The second kappa shape index (κ2) is 4.97. The Bertz CT molecular complexity index is 490. The van der Waals surface area contributed by atoms with Crippen LogP contribution in [0.4, 0.5) is 0 Å². The van der Waals surface area contributed by atoms with Gasteiger partial charge in [0.1, 0.15) is 6.10 Å². The van der Waals surface area contributed by atoms with Crippen molar-refractivity contribution in [2.75, 3.05) is 19.5 Å². The van der Waals surface area contributed by atoms with E-state index in [1.54, 1.807) is 6.92 Å². The summed E-state index contributed by atoms with van der Waals surface area (Å²) in [6.07, 6.45) is 0.259. The lowest BCUT2D eigenvalue weighted by Crippen LogP contribution is -2.41. The van der Waals surface area contributed by atoms with Crippen molar-refractivity contribution >= 4 is 10.1 Å². The predicted octanol–water partition coefficient (Wildman–Crippen LogP) is 1.25. The summed E-state index contributed by atoms with van der Waals surface area (Å²) in [5.41, 5.74) is 0.749. The van der Waals surface area contributed by atoms with Gasteiger partial charge in [0.15, 0.2) is 0 Å². The fourth-order valence-corrected chi connectivity index (χ4v) is 2.71. The highest BCUT2D eigenvalue weighted by atomic mass is 32.2. The van der Waals surface area contributed by atoms with Crippen molar-refractivity contribution in [2.45, 2.75) is 18.8 Å². The topological polar surface area (TPSA) is 61.8 Å². The van der Waals surface area contributed by atoms with Crippen LogP contribution in [0.5, 0.6) is 0 Å². The molecular weight excluding hydrogens is 256 g/mol. The maximum Gasteiger partial charge on any atom is 0.264 e. The molecule has 18 heavy (non-hydrogen) atoms. The Hall–Kier alpha value is -0.950. The van der Waals surface area contributed by atoms with Crippen LogP contribution in [0.3, 0.4) is 0 Å². The summed E-state index contributed by atoms with van der Waals surface area (Å²) in [4.78, 5) is 0. The highest BCUT2D eigenvalue weighted by Crippen LogP contribution is 2.36. The number of benzene rings is 1. The van der Waals surface area contributed by atoms with Crippen molar-refractivity contribution in [1.29, 1.82) is 0 Å². The molecular formula is C12H16O5S. The number of hydrogen-bond donors (Lipinski definition) is 0. The molecule has 1 atom stereocenters. The Labute approximate surface area is 107 Å². The lowest BCUT2D eigenvalue weighted by atomic mass is 10.0. The summed E-state index contributed by atoms with van der Waals surface area (Å²) in [6, 6.07) is 9.21. The van der Waals surface area contributed by atoms with Crippen LogP contribution >= 0.6 is 0 Å². The molecule has 1 heterocycles. The van der Waals surface area contributed by atoms with E-state index >= 15 is 0 Å². The van der Waals surface area contributed by atoms with Gasteiger partial charge in [0.2, 0.25) is 5.79 Å². The van der Waals surface area contributed by atoms with Crippen LogP contribution in [0.15, 0.2) is 30.3 Å². The second-order valence-corrected chi connectivity index (χ2v) is 5.77. The molecule has 1 unspecified atom stereocenters. The summed E-state index contributed by atoms with van der Waals surface area (Å²) in [5.74, 6) is -1.15. The quantitative estimate of drug-likeness (QED) is 0.772. The Kier molecular flexibility index (Phi) is 3.72. The van der Waals surface area contributed by atoms with Crippen molar-refractivity contribution in [3.8, 4) is 0 Å². The van der Waals surface area contributed by atoms with E-state index in [-0.39, 0.29) is 0 Å². The van der Waals surface area contributed by atoms with Crippen molar-refractivity contribution in [2.24, 2.45) is 0 Å². The van der Waals surface area contributed by atoms with Gasteiger partial charge in [0.05, 0.1) is 19.5 Å². The van der Waals surface area contributed by atoms with Gasteiger partial charge in [0.25, 0.3) is 10.1 Å². The summed E-state index contributed by atoms with van der Waals surface area (Å²) in [5, 5.41) is 0. The zero-order valence-electron chi connectivity index (χ0n) is 10.3. The molecule has 1 aromatic rings. The van der Waals surface area contributed by atoms with Crippen LogP contribution < -0.4 is 0 Å². The van der Waals surface area contributed by atoms with E-state index < -0.39 is 22.0 Å². The molecule has 5 nitrogen and oxygen atoms in total. The minimum absolute atomic E-state index is 0.409. The van der Waals surface area contributed by atoms with E-state index in [2.05, 4.69) is 0 Å². The second-order valence-electron chi connectivity index (χ2n) is 4.17. The van der Waals surface area contributed by atoms with Crippen LogP contribution in [0.25, 0.3) is 0 Å². The smallest absolute Gasteiger partial charge is 0.264 e. The molecule has 1 aromatic carbocycles. The van der Waals surface area contributed by atoms with Gasteiger partial charge in [-0.05, 0) is 6.92 Å². The Balaban J connectivity index is 2.33. The molecule has 6 heteroatoms. The van der Waals surface area contributed by atoms with Gasteiger partial charge >= 0.3 is 0 Å². The molecule has 0 radical (unpaired) electrons. The lowest BCUT2D eigenvalue weighted by Gasteiger charge is -2.32. The minimum atomic E-state index is -3.57. The molecule has 0 aromatic heterocycles. The van der Waals surface area contributed by atoms with Crippen LogP contribution in [-0.2, 0) is 29.6 Å². The average Bonchev–Trinajstić information content (AvgIpc) is 2.78. The average molecular weight is 272 g/mol. The van der Waals surface area contributed by atoms with E-state index in [1.165, 1.54) is 0 Å². The van der Waals surface area contributed by atoms with E-state index in [4.69, 9.17) is 13.7 Å². The van der Waals surface area contributed by atoms with Gasteiger partial charge < -0.3 is 9.47 Å². The molecule has 1 saturated heterocycles. The van der Waals surface area contributed by atoms with Gasteiger partial charge in [-0.1, -0.05) is 30.3 Å². The maximum absolute atomic E-state index is 11.2. The SMILES string of the molecule is CC(OS(C)(=O)=O)C1(c2ccccc2)OCCO1. The van der Waals surface area contributed by atoms with E-state index in [0.29, 0.717) is 13.2 Å². The molecule has 0 spiro atoms. The highest BCUT2D eigenvalue weighted by Gasteiger charge is 2.46. The zero-order chi connectivity index (χ0) is 13.2. The molecule has 1 fully saturated rings. The van der Waals surface area contributed by atoms with E-state index in [0.717, 1.165) is 11.8 Å². The molecule has 0 saturated carbocycles.